The van der Waals surface area contributed by atoms with Crippen molar-refractivity contribution in [2.75, 3.05) is 23.3 Å². The van der Waals surface area contributed by atoms with Gasteiger partial charge in [-0.15, -0.1) is 0 Å². The van der Waals surface area contributed by atoms with Crippen LogP contribution in [0.5, 0.6) is 0 Å². The van der Waals surface area contributed by atoms with E-state index in [1.165, 1.54) is 5.56 Å². The summed E-state index contributed by atoms with van der Waals surface area (Å²) in [6, 6.07) is 7.93. The van der Waals surface area contributed by atoms with Crippen molar-refractivity contribution in [1.82, 2.24) is 9.97 Å². The summed E-state index contributed by atoms with van der Waals surface area (Å²) in [6.45, 7) is 0.929. The van der Waals surface area contributed by atoms with Crippen LogP contribution in [-0.4, -0.2) is 16.5 Å². The molecule has 0 aliphatic carbocycles. The molecule has 3 rings (SSSR count). The van der Waals surface area contributed by atoms with Crippen molar-refractivity contribution in [2.24, 2.45) is 0 Å². The minimum absolute atomic E-state index is 0.0742. The predicted molar refractivity (Wildman–Crippen MR) is 73.2 cm³/mol. The number of nitriles is 1. The molecule has 0 radical (unpaired) electrons. The number of benzene rings is 1. The fourth-order valence-electron chi connectivity index (χ4n) is 2.27. The highest BCUT2D eigenvalue weighted by Gasteiger charge is 2.16. The van der Waals surface area contributed by atoms with Gasteiger partial charge in [0.05, 0.1) is 5.69 Å². The highest BCUT2D eigenvalue weighted by atomic mass is 15.0. The van der Waals surface area contributed by atoms with Crippen molar-refractivity contribution in [3.63, 3.8) is 0 Å². The number of hydrogen-bond acceptors (Lipinski definition) is 6. The molecular formula is C13H12N6. The highest BCUT2D eigenvalue weighted by Crippen LogP contribution is 2.30. The molecule has 0 atom stereocenters. The Kier molecular flexibility index (Phi) is 2.46. The molecule has 6 nitrogen and oxygen atoms in total. The Labute approximate surface area is 110 Å². The van der Waals surface area contributed by atoms with Crippen LogP contribution in [0.25, 0.3) is 11.3 Å². The average molecular weight is 252 g/mol. The molecule has 1 aromatic heterocycles. The van der Waals surface area contributed by atoms with Gasteiger partial charge in [0.15, 0.2) is 0 Å². The standard InChI is InChI=1S/C13H12N6/c14-6-9-11(18-13(16)19-12(9)15)8-1-2-10-7(5-8)3-4-17-10/h1-2,5,17H,3-4H2,(H4,15,16,18,19). The molecule has 94 valence electrons. The van der Waals surface area contributed by atoms with Gasteiger partial charge in [-0.2, -0.15) is 10.2 Å². The second-order valence-corrected chi connectivity index (χ2v) is 4.35. The number of nitrogens with one attached hydrogen (secondary N) is 1. The summed E-state index contributed by atoms with van der Waals surface area (Å²) in [6.07, 6.45) is 0.959. The van der Waals surface area contributed by atoms with Crippen molar-refractivity contribution in [1.29, 1.82) is 5.26 Å². The maximum Gasteiger partial charge on any atom is 0.222 e. The maximum absolute atomic E-state index is 9.18. The summed E-state index contributed by atoms with van der Waals surface area (Å²) < 4.78 is 0. The van der Waals surface area contributed by atoms with Crippen molar-refractivity contribution in [3.05, 3.63) is 29.3 Å². The van der Waals surface area contributed by atoms with E-state index in [0.29, 0.717) is 5.69 Å². The van der Waals surface area contributed by atoms with Crippen molar-refractivity contribution in [3.8, 4) is 17.3 Å². The lowest BCUT2D eigenvalue weighted by molar-refractivity contribution is 1.10. The molecule has 0 saturated carbocycles. The van der Waals surface area contributed by atoms with Gasteiger partial charge in [0.1, 0.15) is 17.5 Å². The fourth-order valence-corrected chi connectivity index (χ4v) is 2.27. The Morgan fingerprint density at radius 3 is 2.89 bits per heavy atom. The Morgan fingerprint density at radius 2 is 2.11 bits per heavy atom. The van der Waals surface area contributed by atoms with E-state index in [-0.39, 0.29) is 17.3 Å². The lowest BCUT2D eigenvalue weighted by Gasteiger charge is -2.08. The van der Waals surface area contributed by atoms with Crippen LogP contribution in [0.1, 0.15) is 11.1 Å². The lowest BCUT2D eigenvalue weighted by Crippen LogP contribution is -2.05. The zero-order valence-electron chi connectivity index (χ0n) is 10.1. The van der Waals surface area contributed by atoms with Gasteiger partial charge in [-0.3, -0.25) is 0 Å². The highest BCUT2D eigenvalue weighted by molar-refractivity contribution is 5.75. The first kappa shape index (κ1) is 11.3. The molecule has 0 spiro atoms. The number of nitrogens with two attached hydrogens (primary N) is 2. The summed E-state index contributed by atoms with van der Waals surface area (Å²) in [4.78, 5) is 7.96. The third-order valence-corrected chi connectivity index (χ3v) is 3.15. The van der Waals surface area contributed by atoms with Crippen molar-refractivity contribution >= 4 is 17.5 Å². The SMILES string of the molecule is N#Cc1c(N)nc(N)nc1-c1ccc2c(c1)CCN2. The maximum atomic E-state index is 9.18. The molecule has 1 aliphatic rings. The van der Waals surface area contributed by atoms with Crippen LogP contribution in [0.4, 0.5) is 17.5 Å². The van der Waals surface area contributed by atoms with E-state index in [1.54, 1.807) is 0 Å². The van der Waals surface area contributed by atoms with Crippen molar-refractivity contribution in [2.45, 2.75) is 6.42 Å². The number of nitrogens with zero attached hydrogens (tertiary/aromatic N) is 3. The largest absolute Gasteiger partial charge is 0.384 e. The predicted octanol–water partition coefficient (Wildman–Crippen LogP) is 1.15. The second kappa shape index (κ2) is 4.14. The number of fused-ring (bicyclic) bond motifs is 1. The van der Waals surface area contributed by atoms with Crippen LogP contribution in [0, 0.1) is 11.3 Å². The normalized spacial score (nSPS) is 12.6. The molecular weight excluding hydrogens is 240 g/mol. The Bertz CT molecular complexity index is 701. The number of rotatable bonds is 1. The lowest BCUT2D eigenvalue weighted by atomic mass is 10.0. The van der Waals surface area contributed by atoms with Crippen LogP contribution < -0.4 is 16.8 Å². The first-order chi connectivity index (χ1) is 9.19. The summed E-state index contributed by atoms with van der Waals surface area (Å²) in [5.74, 6) is 0.189. The molecule has 1 aliphatic heterocycles. The van der Waals surface area contributed by atoms with Crippen LogP contribution in [0.15, 0.2) is 18.2 Å². The first-order valence-electron chi connectivity index (χ1n) is 5.89. The second-order valence-electron chi connectivity index (χ2n) is 4.35. The van der Waals surface area contributed by atoms with E-state index in [1.807, 2.05) is 24.3 Å². The zero-order valence-corrected chi connectivity index (χ0v) is 10.1. The van der Waals surface area contributed by atoms with Crippen molar-refractivity contribution < 1.29 is 0 Å². The molecule has 2 aromatic rings. The molecule has 0 saturated heterocycles. The summed E-state index contributed by atoms with van der Waals surface area (Å²) in [5, 5.41) is 12.5. The monoisotopic (exact) mass is 252 g/mol. The van der Waals surface area contributed by atoms with E-state index in [4.69, 9.17) is 11.5 Å². The van der Waals surface area contributed by atoms with Crippen LogP contribution in [0.2, 0.25) is 0 Å². The van der Waals surface area contributed by atoms with Gasteiger partial charge in [-0.1, -0.05) is 6.07 Å². The van der Waals surface area contributed by atoms with Crippen LogP contribution >= 0.6 is 0 Å². The molecule has 0 bridgehead atoms. The van der Waals surface area contributed by atoms with E-state index in [9.17, 15) is 5.26 Å². The van der Waals surface area contributed by atoms with Crippen LogP contribution in [-0.2, 0) is 6.42 Å². The molecule has 0 amide bonds. The molecule has 19 heavy (non-hydrogen) atoms. The van der Waals surface area contributed by atoms with E-state index < -0.39 is 0 Å². The van der Waals surface area contributed by atoms with E-state index in [2.05, 4.69) is 15.3 Å². The molecule has 5 N–H and O–H groups in total. The zero-order chi connectivity index (χ0) is 13.4. The van der Waals surface area contributed by atoms with Gasteiger partial charge >= 0.3 is 0 Å². The third kappa shape index (κ3) is 1.81. The summed E-state index contributed by atoms with van der Waals surface area (Å²) in [7, 11) is 0. The molecule has 0 fully saturated rings. The number of aromatic nitrogens is 2. The van der Waals surface area contributed by atoms with Gasteiger partial charge in [0, 0.05) is 17.8 Å². The smallest absolute Gasteiger partial charge is 0.222 e. The Balaban J connectivity index is 2.20. The first-order valence-corrected chi connectivity index (χ1v) is 5.89. The Morgan fingerprint density at radius 1 is 1.26 bits per heavy atom. The molecule has 0 unspecified atom stereocenters. The number of hydrogen-bond donors (Lipinski definition) is 3. The molecule has 1 aromatic carbocycles. The van der Waals surface area contributed by atoms with E-state index in [0.717, 1.165) is 24.2 Å². The quantitative estimate of drug-likeness (QED) is 0.701. The third-order valence-electron chi connectivity index (χ3n) is 3.15. The average Bonchev–Trinajstić information content (AvgIpc) is 2.85. The topological polar surface area (TPSA) is 114 Å². The van der Waals surface area contributed by atoms with Gasteiger partial charge in [-0.05, 0) is 24.1 Å². The van der Waals surface area contributed by atoms with E-state index >= 15 is 0 Å². The molecule has 2 heterocycles. The van der Waals surface area contributed by atoms with Gasteiger partial charge < -0.3 is 16.8 Å². The Hall–Kier alpha value is -2.81. The fraction of sp³-hybridized carbons (Fsp3) is 0.154. The van der Waals surface area contributed by atoms with Crippen LogP contribution in [0.3, 0.4) is 0 Å². The van der Waals surface area contributed by atoms with Gasteiger partial charge in [0.2, 0.25) is 5.95 Å². The minimum atomic E-state index is 0.0742. The summed E-state index contributed by atoms with van der Waals surface area (Å²) in [5.41, 5.74) is 15.2. The number of nitrogen functional groups attached to an aromatic ring is 2. The summed E-state index contributed by atoms with van der Waals surface area (Å²) >= 11 is 0. The minimum Gasteiger partial charge on any atom is -0.384 e. The molecule has 6 heteroatoms. The van der Waals surface area contributed by atoms with Gasteiger partial charge in [-0.25, -0.2) is 4.98 Å². The van der Waals surface area contributed by atoms with Gasteiger partial charge in [0.25, 0.3) is 0 Å². The number of anilines is 3.